The summed E-state index contributed by atoms with van der Waals surface area (Å²) in [6, 6.07) is 14.2. The van der Waals surface area contributed by atoms with Crippen LogP contribution in [-0.2, 0) is 4.79 Å². The number of hydrogen-bond donors (Lipinski definition) is 1. The molecule has 0 saturated carbocycles. The van der Waals surface area contributed by atoms with Gasteiger partial charge in [0.05, 0.1) is 0 Å². The number of nitrogens with one attached hydrogen (secondary N) is 1. The summed E-state index contributed by atoms with van der Waals surface area (Å²) in [6.07, 6.45) is 3.12. The van der Waals surface area contributed by atoms with Crippen molar-refractivity contribution in [2.45, 2.75) is 0 Å². The number of carbonyl (C=O) groups is 1. The molecular formula is C21H18N2O4. The number of hydrogen-bond acceptors (Lipinski definition) is 5. The maximum absolute atomic E-state index is 12.5. The monoisotopic (exact) mass is 362 g/mol. The van der Waals surface area contributed by atoms with Crippen molar-refractivity contribution in [2.75, 3.05) is 25.1 Å². The average molecular weight is 362 g/mol. The van der Waals surface area contributed by atoms with Crippen LogP contribution in [0.2, 0.25) is 0 Å². The average Bonchev–Trinajstić information content (AvgIpc) is 2.71. The zero-order valence-electron chi connectivity index (χ0n) is 14.6. The Morgan fingerprint density at radius 1 is 1.22 bits per heavy atom. The predicted octanol–water partition coefficient (Wildman–Crippen LogP) is 3.57. The van der Waals surface area contributed by atoms with E-state index >= 15 is 0 Å². The zero-order valence-corrected chi connectivity index (χ0v) is 14.6. The Kier molecular flexibility index (Phi) is 5.75. The molecule has 0 saturated heterocycles. The highest BCUT2D eigenvalue weighted by atomic mass is 16.6. The van der Waals surface area contributed by atoms with Crippen LogP contribution in [0.15, 0.2) is 60.7 Å². The Bertz CT molecular complexity index is 928. The van der Waals surface area contributed by atoms with Gasteiger partial charge >= 0.3 is 0 Å². The number of benzene rings is 2. The van der Waals surface area contributed by atoms with E-state index in [-0.39, 0.29) is 5.57 Å². The van der Waals surface area contributed by atoms with Gasteiger partial charge in [0.15, 0.2) is 11.5 Å². The van der Waals surface area contributed by atoms with E-state index in [1.54, 1.807) is 42.5 Å². The Morgan fingerprint density at radius 2 is 2.00 bits per heavy atom. The summed E-state index contributed by atoms with van der Waals surface area (Å²) in [5, 5.41) is 12.1. The van der Waals surface area contributed by atoms with Crippen molar-refractivity contribution in [2.24, 2.45) is 0 Å². The van der Waals surface area contributed by atoms with Crippen molar-refractivity contribution in [1.29, 1.82) is 5.26 Å². The van der Waals surface area contributed by atoms with Gasteiger partial charge in [0.25, 0.3) is 5.91 Å². The van der Waals surface area contributed by atoms with Crippen LogP contribution in [0.25, 0.3) is 6.08 Å². The minimum Gasteiger partial charge on any atom is -0.489 e. The van der Waals surface area contributed by atoms with E-state index in [0.717, 1.165) is 0 Å². The van der Waals surface area contributed by atoms with E-state index < -0.39 is 5.91 Å². The fraction of sp³-hybridized carbons (Fsp3) is 0.143. The first-order chi connectivity index (χ1) is 13.2. The summed E-state index contributed by atoms with van der Waals surface area (Å²) in [4.78, 5) is 12.5. The number of anilines is 1. The molecule has 0 aromatic heterocycles. The first-order valence-electron chi connectivity index (χ1n) is 8.37. The largest absolute Gasteiger partial charge is 0.489 e. The lowest BCUT2D eigenvalue weighted by Crippen LogP contribution is -2.17. The molecule has 6 heteroatoms. The molecule has 0 atom stereocenters. The van der Waals surface area contributed by atoms with Crippen molar-refractivity contribution in [1.82, 2.24) is 0 Å². The number of carbonyl (C=O) groups excluding carboxylic acids is 1. The van der Waals surface area contributed by atoms with Gasteiger partial charge in [0.1, 0.15) is 37.2 Å². The molecule has 1 aliphatic heterocycles. The summed E-state index contributed by atoms with van der Waals surface area (Å²) in [7, 11) is 0. The van der Waals surface area contributed by atoms with Gasteiger partial charge in [-0.25, -0.2) is 0 Å². The maximum Gasteiger partial charge on any atom is 0.266 e. The zero-order chi connectivity index (χ0) is 19.1. The normalized spacial score (nSPS) is 12.6. The lowest BCUT2D eigenvalue weighted by atomic mass is 10.1. The molecule has 136 valence electrons. The van der Waals surface area contributed by atoms with Crippen LogP contribution < -0.4 is 19.5 Å². The molecule has 0 unspecified atom stereocenters. The van der Waals surface area contributed by atoms with E-state index in [4.69, 9.17) is 14.2 Å². The molecule has 1 aliphatic rings. The molecule has 3 rings (SSSR count). The summed E-state index contributed by atoms with van der Waals surface area (Å²) >= 11 is 0. The lowest BCUT2D eigenvalue weighted by Gasteiger charge is -2.18. The van der Waals surface area contributed by atoms with E-state index in [2.05, 4.69) is 11.9 Å². The predicted molar refractivity (Wildman–Crippen MR) is 102 cm³/mol. The Hall–Kier alpha value is -3.72. The second kappa shape index (κ2) is 8.59. The van der Waals surface area contributed by atoms with E-state index in [1.807, 2.05) is 12.1 Å². The minimum absolute atomic E-state index is 0.0421. The second-order valence-corrected chi connectivity index (χ2v) is 5.62. The highest BCUT2D eigenvalue weighted by Crippen LogP contribution is 2.32. The van der Waals surface area contributed by atoms with Crippen LogP contribution in [-0.4, -0.2) is 25.7 Å². The number of fused-ring (bicyclic) bond motifs is 1. The fourth-order valence-corrected chi connectivity index (χ4v) is 2.50. The highest BCUT2D eigenvalue weighted by molar-refractivity contribution is 6.10. The molecule has 0 bridgehead atoms. The van der Waals surface area contributed by atoms with E-state index in [0.29, 0.717) is 48.3 Å². The molecule has 0 fully saturated rings. The molecule has 0 spiro atoms. The minimum atomic E-state index is -0.521. The smallest absolute Gasteiger partial charge is 0.266 e. The summed E-state index contributed by atoms with van der Waals surface area (Å²) in [5.74, 6) is 1.23. The van der Waals surface area contributed by atoms with Crippen molar-refractivity contribution in [3.63, 3.8) is 0 Å². The van der Waals surface area contributed by atoms with Gasteiger partial charge in [-0.2, -0.15) is 5.26 Å². The topological polar surface area (TPSA) is 80.6 Å². The van der Waals surface area contributed by atoms with Crippen LogP contribution in [0, 0.1) is 11.3 Å². The van der Waals surface area contributed by atoms with Crippen LogP contribution in [0.4, 0.5) is 5.69 Å². The maximum atomic E-state index is 12.5. The number of para-hydroxylation sites is 1. The van der Waals surface area contributed by atoms with Gasteiger partial charge in [-0.15, -0.1) is 0 Å². The van der Waals surface area contributed by atoms with Crippen LogP contribution in [0.3, 0.4) is 0 Å². The van der Waals surface area contributed by atoms with Gasteiger partial charge in [0, 0.05) is 17.3 Å². The Morgan fingerprint density at radius 3 is 2.78 bits per heavy atom. The van der Waals surface area contributed by atoms with Crippen molar-refractivity contribution in [3.05, 3.63) is 66.3 Å². The first-order valence-corrected chi connectivity index (χ1v) is 8.37. The second-order valence-electron chi connectivity index (χ2n) is 5.62. The molecule has 1 heterocycles. The van der Waals surface area contributed by atoms with Crippen LogP contribution in [0.5, 0.6) is 17.2 Å². The van der Waals surface area contributed by atoms with Gasteiger partial charge in [0.2, 0.25) is 0 Å². The standard InChI is InChI=1S/C21H18N2O4/c1-2-9-25-18-6-4-3-5-15(18)12-16(14-22)21(24)23-17-7-8-19-20(13-17)27-11-10-26-19/h2-8,12-13H,1,9-11H2,(H,23,24)/b16-12+. The van der Waals surface area contributed by atoms with Gasteiger partial charge in [-0.3, -0.25) is 4.79 Å². The Labute approximate surface area is 157 Å². The molecule has 6 nitrogen and oxygen atoms in total. The molecule has 0 aliphatic carbocycles. The van der Waals surface area contributed by atoms with Crippen molar-refractivity contribution >= 4 is 17.7 Å². The van der Waals surface area contributed by atoms with Crippen LogP contribution >= 0.6 is 0 Å². The first kappa shape index (κ1) is 18.1. The van der Waals surface area contributed by atoms with Crippen LogP contribution in [0.1, 0.15) is 5.56 Å². The van der Waals surface area contributed by atoms with Gasteiger partial charge in [-0.1, -0.05) is 30.9 Å². The molecule has 1 N–H and O–H groups in total. The third-order valence-electron chi connectivity index (χ3n) is 3.74. The van der Waals surface area contributed by atoms with E-state index in [9.17, 15) is 10.1 Å². The molecule has 0 radical (unpaired) electrons. The number of rotatable bonds is 6. The number of nitriles is 1. The third kappa shape index (κ3) is 4.47. The third-order valence-corrected chi connectivity index (χ3v) is 3.74. The molecule has 1 amide bonds. The van der Waals surface area contributed by atoms with Gasteiger partial charge < -0.3 is 19.5 Å². The number of nitrogens with zero attached hydrogens (tertiary/aromatic N) is 1. The Balaban J connectivity index is 1.80. The lowest BCUT2D eigenvalue weighted by molar-refractivity contribution is -0.112. The van der Waals surface area contributed by atoms with Gasteiger partial charge in [-0.05, 0) is 24.3 Å². The summed E-state index contributed by atoms with van der Waals surface area (Å²) in [5.41, 5.74) is 1.11. The van der Waals surface area contributed by atoms with Crippen molar-refractivity contribution < 1.29 is 19.0 Å². The molecular weight excluding hydrogens is 344 g/mol. The number of amides is 1. The number of ether oxygens (including phenoxy) is 3. The highest BCUT2D eigenvalue weighted by Gasteiger charge is 2.15. The van der Waals surface area contributed by atoms with Crippen molar-refractivity contribution in [3.8, 4) is 23.3 Å². The SMILES string of the molecule is C=CCOc1ccccc1/C=C(\C#N)C(=O)Nc1ccc2c(c1)OCCO2. The summed E-state index contributed by atoms with van der Waals surface area (Å²) in [6.45, 7) is 4.89. The van der Waals surface area contributed by atoms with E-state index in [1.165, 1.54) is 6.08 Å². The molecule has 2 aromatic rings. The summed E-state index contributed by atoms with van der Waals surface area (Å²) < 4.78 is 16.5. The molecule has 27 heavy (non-hydrogen) atoms. The quantitative estimate of drug-likeness (QED) is 0.483. The fourth-order valence-electron chi connectivity index (χ4n) is 2.50. The molecule has 2 aromatic carbocycles.